The van der Waals surface area contributed by atoms with Crippen LogP contribution in [0.1, 0.15) is 17.3 Å². The molecule has 1 aromatic carbocycles. The number of para-hydroxylation sites is 1. The summed E-state index contributed by atoms with van der Waals surface area (Å²) in [5, 5.41) is 2.17. The monoisotopic (exact) mass is 305 g/mol. The molecule has 0 saturated heterocycles. The molecule has 14 heavy (non-hydrogen) atoms. The van der Waals surface area contributed by atoms with E-state index in [1.165, 1.54) is 6.92 Å². The minimum atomic E-state index is -0.454. The quantitative estimate of drug-likeness (QED) is 0.846. The predicted molar refractivity (Wildman–Crippen MR) is 59.2 cm³/mol. The van der Waals surface area contributed by atoms with Crippen LogP contribution in [0.15, 0.2) is 24.3 Å². The van der Waals surface area contributed by atoms with Gasteiger partial charge in [-0.3, -0.25) is 14.9 Å². The SMILES string of the molecule is CC(=O)NC(=O)c1ccccc1OI. The van der Waals surface area contributed by atoms with E-state index in [9.17, 15) is 9.59 Å². The van der Waals surface area contributed by atoms with Crippen molar-refractivity contribution >= 4 is 34.8 Å². The molecular weight excluding hydrogens is 297 g/mol. The van der Waals surface area contributed by atoms with Crippen LogP contribution in [0.2, 0.25) is 0 Å². The van der Waals surface area contributed by atoms with Gasteiger partial charge in [-0.25, -0.2) is 0 Å². The highest BCUT2D eigenvalue weighted by molar-refractivity contribution is 14.1. The van der Waals surface area contributed by atoms with Crippen molar-refractivity contribution in [3.05, 3.63) is 29.8 Å². The largest absolute Gasteiger partial charge is 0.427 e. The molecule has 0 heterocycles. The summed E-state index contributed by atoms with van der Waals surface area (Å²) in [6, 6.07) is 6.69. The van der Waals surface area contributed by atoms with E-state index < -0.39 is 11.8 Å². The molecule has 0 unspecified atom stereocenters. The summed E-state index contributed by atoms with van der Waals surface area (Å²) in [5.74, 6) is -0.408. The molecular formula is C9H8INO3. The molecule has 4 nitrogen and oxygen atoms in total. The Labute approximate surface area is 95.3 Å². The van der Waals surface area contributed by atoms with Crippen molar-refractivity contribution in [3.63, 3.8) is 0 Å². The van der Waals surface area contributed by atoms with Crippen LogP contribution in [0.4, 0.5) is 0 Å². The lowest BCUT2D eigenvalue weighted by Gasteiger charge is -2.04. The molecule has 74 valence electrons. The topological polar surface area (TPSA) is 55.4 Å². The average Bonchev–Trinajstić information content (AvgIpc) is 2.16. The van der Waals surface area contributed by atoms with Gasteiger partial charge in [0.2, 0.25) is 5.91 Å². The van der Waals surface area contributed by atoms with Gasteiger partial charge in [-0.05, 0) is 12.1 Å². The van der Waals surface area contributed by atoms with E-state index in [4.69, 9.17) is 3.07 Å². The zero-order valence-corrected chi connectivity index (χ0v) is 9.57. The Hall–Kier alpha value is -1.11. The van der Waals surface area contributed by atoms with Crippen molar-refractivity contribution < 1.29 is 12.7 Å². The number of halogens is 1. The van der Waals surface area contributed by atoms with Gasteiger partial charge in [0, 0.05) is 6.92 Å². The van der Waals surface area contributed by atoms with Crippen molar-refractivity contribution in [2.75, 3.05) is 0 Å². The normalized spacial score (nSPS) is 9.29. The van der Waals surface area contributed by atoms with Crippen molar-refractivity contribution in [2.45, 2.75) is 6.92 Å². The van der Waals surface area contributed by atoms with E-state index in [1.54, 1.807) is 47.3 Å². The fourth-order valence-electron chi connectivity index (χ4n) is 0.949. The Kier molecular flexibility index (Phi) is 3.87. The minimum Gasteiger partial charge on any atom is -0.427 e. The highest BCUT2D eigenvalue weighted by atomic mass is 127. The summed E-state index contributed by atoms with van der Waals surface area (Å²) in [7, 11) is 0. The summed E-state index contributed by atoms with van der Waals surface area (Å²) in [6.45, 7) is 1.28. The molecule has 0 saturated carbocycles. The fraction of sp³-hybridized carbons (Fsp3) is 0.111. The van der Waals surface area contributed by atoms with Crippen LogP contribution >= 0.6 is 23.0 Å². The van der Waals surface area contributed by atoms with E-state index >= 15 is 0 Å². The molecule has 0 bridgehead atoms. The first-order valence-electron chi connectivity index (χ1n) is 3.84. The lowest BCUT2D eigenvalue weighted by Crippen LogP contribution is -2.28. The van der Waals surface area contributed by atoms with Crippen molar-refractivity contribution in [1.82, 2.24) is 5.32 Å². The number of benzene rings is 1. The first-order valence-corrected chi connectivity index (χ1v) is 4.72. The molecule has 0 aliphatic carbocycles. The van der Waals surface area contributed by atoms with Gasteiger partial charge in [-0.15, -0.1) is 0 Å². The van der Waals surface area contributed by atoms with E-state index in [2.05, 4.69) is 5.32 Å². The summed E-state index contributed by atoms with van der Waals surface area (Å²) >= 11 is 1.68. The predicted octanol–water partition coefficient (Wildman–Crippen LogP) is 1.69. The maximum Gasteiger partial charge on any atom is 0.261 e. The van der Waals surface area contributed by atoms with Crippen LogP contribution in [0.3, 0.4) is 0 Å². The fourth-order valence-corrected chi connectivity index (χ4v) is 1.33. The van der Waals surface area contributed by atoms with Crippen molar-refractivity contribution in [3.8, 4) is 5.75 Å². The summed E-state index contributed by atoms with van der Waals surface area (Å²) in [6.07, 6.45) is 0. The maximum atomic E-state index is 11.4. The van der Waals surface area contributed by atoms with Crippen LogP contribution in [0.25, 0.3) is 0 Å². The van der Waals surface area contributed by atoms with E-state index in [0.29, 0.717) is 11.3 Å². The number of carbonyl (C=O) groups excluding carboxylic acids is 2. The van der Waals surface area contributed by atoms with Gasteiger partial charge in [0.25, 0.3) is 5.91 Å². The van der Waals surface area contributed by atoms with Gasteiger partial charge in [-0.2, -0.15) is 0 Å². The third-order valence-electron chi connectivity index (χ3n) is 1.50. The highest BCUT2D eigenvalue weighted by Crippen LogP contribution is 2.19. The van der Waals surface area contributed by atoms with E-state index in [-0.39, 0.29) is 0 Å². The molecule has 0 spiro atoms. The molecule has 2 amide bonds. The zero-order chi connectivity index (χ0) is 10.6. The zero-order valence-electron chi connectivity index (χ0n) is 7.41. The van der Waals surface area contributed by atoms with E-state index in [1.807, 2.05) is 0 Å². The van der Waals surface area contributed by atoms with Crippen LogP contribution in [-0.2, 0) is 4.79 Å². The number of rotatable bonds is 2. The smallest absolute Gasteiger partial charge is 0.261 e. The number of hydrogen-bond acceptors (Lipinski definition) is 3. The van der Waals surface area contributed by atoms with Gasteiger partial charge in [0.1, 0.15) is 5.75 Å². The Morgan fingerprint density at radius 1 is 1.36 bits per heavy atom. The second kappa shape index (κ2) is 4.94. The Bertz CT molecular complexity index is 365. The maximum absolute atomic E-state index is 11.4. The van der Waals surface area contributed by atoms with E-state index in [0.717, 1.165) is 0 Å². The molecule has 1 aromatic rings. The molecule has 0 fully saturated rings. The molecule has 0 atom stereocenters. The number of hydrogen-bond donors (Lipinski definition) is 1. The Morgan fingerprint density at radius 3 is 2.57 bits per heavy atom. The van der Waals surface area contributed by atoms with Crippen LogP contribution in [-0.4, -0.2) is 11.8 Å². The van der Waals surface area contributed by atoms with Crippen molar-refractivity contribution in [2.24, 2.45) is 0 Å². The summed E-state index contributed by atoms with van der Waals surface area (Å²) in [4.78, 5) is 22.1. The summed E-state index contributed by atoms with van der Waals surface area (Å²) in [5.41, 5.74) is 0.345. The molecule has 1 rings (SSSR count). The molecule has 0 aliphatic rings. The standard InChI is InChI=1S/C9H8INO3/c1-6(12)11-9(13)7-4-2-3-5-8(7)14-10/h2-5H,1H3,(H,11,12,13). The van der Waals surface area contributed by atoms with Gasteiger partial charge in [0.05, 0.1) is 5.56 Å². The number of nitrogens with one attached hydrogen (secondary N) is 1. The van der Waals surface area contributed by atoms with Gasteiger partial charge >= 0.3 is 0 Å². The third kappa shape index (κ3) is 2.69. The lowest BCUT2D eigenvalue weighted by atomic mass is 10.2. The Balaban J connectivity index is 2.94. The third-order valence-corrected chi connectivity index (χ3v) is 1.98. The first kappa shape index (κ1) is 11.0. The molecule has 1 N–H and O–H groups in total. The molecule has 0 aliphatic heterocycles. The van der Waals surface area contributed by atoms with Crippen LogP contribution in [0, 0.1) is 0 Å². The second-order valence-corrected chi connectivity index (χ2v) is 3.02. The average molecular weight is 305 g/mol. The molecule has 5 heteroatoms. The number of imide groups is 1. The van der Waals surface area contributed by atoms with Gasteiger partial charge in [0.15, 0.2) is 23.0 Å². The highest BCUT2D eigenvalue weighted by Gasteiger charge is 2.12. The summed E-state index contributed by atoms with van der Waals surface area (Å²) < 4.78 is 4.95. The van der Waals surface area contributed by atoms with Gasteiger partial charge < -0.3 is 3.07 Å². The van der Waals surface area contributed by atoms with Gasteiger partial charge in [-0.1, -0.05) is 12.1 Å². The Morgan fingerprint density at radius 2 is 2.00 bits per heavy atom. The first-order chi connectivity index (χ1) is 6.65. The van der Waals surface area contributed by atoms with Crippen LogP contribution in [0.5, 0.6) is 5.75 Å². The van der Waals surface area contributed by atoms with Crippen LogP contribution < -0.4 is 8.38 Å². The number of carbonyl (C=O) groups is 2. The second-order valence-electron chi connectivity index (χ2n) is 2.58. The molecule has 0 radical (unpaired) electrons. The molecule has 0 aromatic heterocycles. The number of amides is 2. The minimum absolute atomic E-state index is 0.345. The van der Waals surface area contributed by atoms with Crippen molar-refractivity contribution in [1.29, 1.82) is 0 Å². The lowest BCUT2D eigenvalue weighted by molar-refractivity contribution is -0.118.